The molecule has 0 saturated carbocycles. The van der Waals surface area contributed by atoms with Gasteiger partial charge < -0.3 is 13.6 Å². The molecule has 0 aliphatic rings. The fraction of sp³-hybridized carbons (Fsp3) is 0. The van der Waals surface area contributed by atoms with Gasteiger partial charge in [-0.2, -0.15) is 0 Å². The Balaban J connectivity index is 1.71. The standard InChI is InChI=1S/C20H12ClF2IN4O4S2/c21-9-5-10-11(7-26-20(10)25-6-9)19(30)17-12(22)1-2-13(18(17)23)28-34(31,32)16-4-3-15(33-16)14(29)8-27-24/h1-8,27-29H,(H,25,26)/b14-8-. The summed E-state index contributed by atoms with van der Waals surface area (Å²) in [5, 5.41) is 10.3. The summed E-state index contributed by atoms with van der Waals surface area (Å²) in [5.74, 6) is -3.78. The van der Waals surface area contributed by atoms with Gasteiger partial charge in [0.1, 0.15) is 21.4 Å². The average Bonchev–Trinajstić information content (AvgIpc) is 3.44. The largest absolute Gasteiger partial charge is 0.505 e. The summed E-state index contributed by atoms with van der Waals surface area (Å²) >= 11 is 8.42. The fourth-order valence-electron chi connectivity index (χ4n) is 3.06. The van der Waals surface area contributed by atoms with Gasteiger partial charge in [-0.25, -0.2) is 22.2 Å². The van der Waals surface area contributed by atoms with Crippen LogP contribution in [0.3, 0.4) is 0 Å². The number of halogens is 4. The van der Waals surface area contributed by atoms with Crippen LogP contribution in [0.2, 0.25) is 5.02 Å². The molecule has 4 rings (SSSR count). The van der Waals surface area contributed by atoms with Crippen molar-refractivity contribution >= 4 is 84.1 Å². The number of aromatic amines is 1. The van der Waals surface area contributed by atoms with Crippen molar-refractivity contribution in [2.75, 3.05) is 4.72 Å². The van der Waals surface area contributed by atoms with Crippen molar-refractivity contribution in [1.29, 1.82) is 0 Å². The maximum atomic E-state index is 15.2. The Bertz CT molecular complexity index is 1570. The number of rotatable bonds is 7. The highest BCUT2D eigenvalue weighted by atomic mass is 127. The summed E-state index contributed by atoms with van der Waals surface area (Å²) in [5.41, 5.74) is -1.36. The summed E-state index contributed by atoms with van der Waals surface area (Å²) in [6.07, 6.45) is 3.83. The van der Waals surface area contributed by atoms with Crippen LogP contribution in [0.1, 0.15) is 20.8 Å². The molecule has 176 valence electrons. The zero-order chi connectivity index (χ0) is 24.6. The first-order valence-electron chi connectivity index (χ1n) is 9.16. The summed E-state index contributed by atoms with van der Waals surface area (Å²) in [4.78, 5) is 20.0. The Morgan fingerprint density at radius 2 is 2.03 bits per heavy atom. The molecule has 0 saturated heterocycles. The first-order chi connectivity index (χ1) is 16.1. The number of aliphatic hydroxyl groups excluding tert-OH is 1. The molecule has 0 atom stereocenters. The van der Waals surface area contributed by atoms with Crippen molar-refractivity contribution in [3.63, 3.8) is 0 Å². The molecule has 34 heavy (non-hydrogen) atoms. The zero-order valence-corrected chi connectivity index (χ0v) is 21.1. The number of H-pyrrole nitrogens is 1. The molecule has 0 aliphatic heterocycles. The van der Waals surface area contributed by atoms with Crippen LogP contribution >= 0.6 is 45.8 Å². The molecule has 14 heteroatoms. The van der Waals surface area contributed by atoms with Crippen LogP contribution in [0.4, 0.5) is 14.5 Å². The normalized spacial score (nSPS) is 12.2. The third-order valence-electron chi connectivity index (χ3n) is 4.59. The van der Waals surface area contributed by atoms with E-state index in [0.717, 1.165) is 23.5 Å². The lowest BCUT2D eigenvalue weighted by atomic mass is 10.0. The zero-order valence-electron chi connectivity index (χ0n) is 16.6. The number of nitrogens with zero attached hydrogens (tertiary/aromatic N) is 1. The van der Waals surface area contributed by atoms with Crippen molar-refractivity contribution in [3.05, 3.63) is 81.6 Å². The predicted octanol–water partition coefficient (Wildman–Crippen LogP) is 5.38. The minimum Gasteiger partial charge on any atom is -0.505 e. The number of hydrogen-bond donors (Lipinski definition) is 4. The van der Waals surface area contributed by atoms with Crippen LogP contribution in [-0.2, 0) is 10.0 Å². The number of pyridine rings is 1. The van der Waals surface area contributed by atoms with Crippen molar-refractivity contribution in [2.24, 2.45) is 0 Å². The Labute approximate surface area is 214 Å². The number of aliphatic hydroxyl groups is 1. The van der Waals surface area contributed by atoms with Gasteiger partial charge in [0.25, 0.3) is 10.0 Å². The second-order valence-electron chi connectivity index (χ2n) is 6.73. The first kappa shape index (κ1) is 24.4. The minimum absolute atomic E-state index is 0.0863. The van der Waals surface area contributed by atoms with Crippen molar-refractivity contribution < 1.29 is 27.1 Å². The molecule has 4 N–H and O–H groups in total. The minimum atomic E-state index is -4.31. The Morgan fingerprint density at radius 3 is 2.76 bits per heavy atom. The van der Waals surface area contributed by atoms with Gasteiger partial charge in [-0.15, -0.1) is 11.3 Å². The molecule has 1 aromatic carbocycles. The second kappa shape index (κ2) is 9.48. The van der Waals surface area contributed by atoms with Gasteiger partial charge in [-0.1, -0.05) is 11.6 Å². The Morgan fingerprint density at radius 1 is 1.26 bits per heavy atom. The number of anilines is 1. The van der Waals surface area contributed by atoms with E-state index in [1.54, 1.807) is 22.9 Å². The van der Waals surface area contributed by atoms with Gasteiger partial charge in [0.15, 0.2) is 5.82 Å². The number of aromatic nitrogens is 2. The van der Waals surface area contributed by atoms with Gasteiger partial charge in [0.05, 0.1) is 44.0 Å². The van der Waals surface area contributed by atoms with Crippen LogP contribution < -0.4 is 8.25 Å². The molecule has 0 spiro atoms. The number of benzene rings is 1. The first-order valence-corrected chi connectivity index (χ1v) is 12.9. The number of hydrogen-bond acceptors (Lipinski definition) is 7. The number of fused-ring (bicyclic) bond motifs is 1. The van der Waals surface area contributed by atoms with Crippen LogP contribution in [0, 0.1) is 11.6 Å². The molecule has 0 bridgehead atoms. The Hall–Kier alpha value is -2.75. The van der Waals surface area contributed by atoms with E-state index in [4.69, 9.17) is 11.6 Å². The Kier molecular flexibility index (Phi) is 6.80. The lowest BCUT2D eigenvalue weighted by molar-refractivity contribution is 0.103. The maximum Gasteiger partial charge on any atom is 0.271 e. The molecule has 0 fully saturated rings. The highest BCUT2D eigenvalue weighted by molar-refractivity contribution is 14.1. The second-order valence-corrected chi connectivity index (χ2v) is 10.8. The lowest BCUT2D eigenvalue weighted by Crippen LogP contribution is -2.15. The van der Waals surface area contributed by atoms with E-state index in [1.165, 1.54) is 36.8 Å². The monoisotopic (exact) mass is 636 g/mol. The van der Waals surface area contributed by atoms with Crippen LogP contribution in [0.25, 0.3) is 16.8 Å². The molecular weight excluding hydrogens is 625 g/mol. The van der Waals surface area contributed by atoms with E-state index in [9.17, 15) is 22.7 Å². The van der Waals surface area contributed by atoms with Gasteiger partial charge in [-0.05, 0) is 30.3 Å². The number of sulfonamides is 1. The maximum absolute atomic E-state index is 15.2. The van der Waals surface area contributed by atoms with E-state index in [1.807, 2.05) is 4.72 Å². The number of nitrogens with one attached hydrogen (secondary N) is 3. The molecule has 3 aromatic heterocycles. The predicted molar refractivity (Wildman–Crippen MR) is 134 cm³/mol. The van der Waals surface area contributed by atoms with Crippen molar-refractivity contribution in [2.45, 2.75) is 4.21 Å². The topological polar surface area (TPSA) is 124 Å². The summed E-state index contributed by atoms with van der Waals surface area (Å²) in [7, 11) is -4.31. The third-order valence-corrected chi connectivity index (χ3v) is 8.08. The number of carbonyl (C=O) groups excluding carboxylic acids is 1. The smallest absolute Gasteiger partial charge is 0.271 e. The molecule has 0 aliphatic carbocycles. The van der Waals surface area contributed by atoms with Crippen molar-refractivity contribution in [1.82, 2.24) is 13.5 Å². The summed E-state index contributed by atoms with van der Waals surface area (Å²) < 4.78 is 59.7. The van der Waals surface area contributed by atoms with Gasteiger partial charge in [0.2, 0.25) is 5.78 Å². The van der Waals surface area contributed by atoms with Crippen LogP contribution in [0.15, 0.2) is 53.1 Å². The molecule has 3 heterocycles. The van der Waals surface area contributed by atoms with Crippen LogP contribution in [0.5, 0.6) is 0 Å². The molecule has 0 amide bonds. The molecular formula is C20H12ClF2IN4O4S2. The number of thiophene rings is 1. The highest BCUT2D eigenvalue weighted by Gasteiger charge is 2.27. The molecule has 0 unspecified atom stereocenters. The molecule has 0 radical (unpaired) electrons. The van der Waals surface area contributed by atoms with Crippen LogP contribution in [-0.4, -0.2) is 29.3 Å². The van der Waals surface area contributed by atoms with Gasteiger partial charge >= 0.3 is 0 Å². The number of ketones is 1. The summed E-state index contributed by atoms with van der Waals surface area (Å²) in [6, 6.07) is 5.66. The highest BCUT2D eigenvalue weighted by Crippen LogP contribution is 2.31. The van der Waals surface area contributed by atoms with E-state index >= 15 is 4.39 Å². The molecule has 8 nitrogen and oxygen atoms in total. The van der Waals surface area contributed by atoms with E-state index in [0.29, 0.717) is 0 Å². The van der Waals surface area contributed by atoms with Gasteiger partial charge in [-0.3, -0.25) is 9.52 Å². The van der Waals surface area contributed by atoms with Crippen molar-refractivity contribution in [3.8, 4) is 0 Å². The van der Waals surface area contributed by atoms with E-state index in [-0.39, 0.29) is 36.5 Å². The lowest BCUT2D eigenvalue weighted by Gasteiger charge is -2.11. The molecule has 4 aromatic rings. The van der Waals surface area contributed by atoms with E-state index in [2.05, 4.69) is 13.5 Å². The van der Waals surface area contributed by atoms with E-state index < -0.39 is 38.7 Å². The van der Waals surface area contributed by atoms with Gasteiger partial charge in [0, 0.05) is 29.5 Å². The third kappa shape index (κ3) is 4.60. The number of carbonyl (C=O) groups is 1. The SMILES string of the molecule is O=C(c1c(F)ccc(NS(=O)(=O)c2ccc(/C(O)=C/NI)s2)c1F)c1c[nH]c2ncc(Cl)cc12. The summed E-state index contributed by atoms with van der Waals surface area (Å²) in [6.45, 7) is 0. The fourth-order valence-corrected chi connectivity index (χ4v) is 5.79. The quantitative estimate of drug-likeness (QED) is 0.0935. The average molecular weight is 637 g/mol.